The van der Waals surface area contributed by atoms with Crippen LogP contribution in [0.15, 0.2) is 12.1 Å². The van der Waals surface area contributed by atoms with Gasteiger partial charge in [0.2, 0.25) is 0 Å². The number of carboxylic acids is 1. The second-order valence-electron chi connectivity index (χ2n) is 5.23. The zero-order valence-electron chi connectivity index (χ0n) is 13.4. The van der Waals surface area contributed by atoms with Crippen LogP contribution in [-0.4, -0.2) is 41.6 Å². The van der Waals surface area contributed by atoms with Crippen LogP contribution >= 0.6 is 11.8 Å². The van der Waals surface area contributed by atoms with Crippen molar-refractivity contribution in [3.05, 3.63) is 28.8 Å². The van der Waals surface area contributed by atoms with Crippen molar-refractivity contribution >= 4 is 23.6 Å². The first kappa shape index (κ1) is 18.4. The van der Waals surface area contributed by atoms with Gasteiger partial charge in [0.1, 0.15) is 11.8 Å². The van der Waals surface area contributed by atoms with Crippen molar-refractivity contribution in [2.24, 2.45) is 0 Å². The molecule has 0 bridgehead atoms. The van der Waals surface area contributed by atoms with E-state index in [-0.39, 0.29) is 6.61 Å². The first-order chi connectivity index (χ1) is 10.3. The van der Waals surface area contributed by atoms with Gasteiger partial charge in [-0.05, 0) is 62.0 Å². The minimum atomic E-state index is -1.02. The van der Waals surface area contributed by atoms with Gasteiger partial charge in [0.05, 0.1) is 0 Å². The fourth-order valence-corrected chi connectivity index (χ4v) is 2.49. The fourth-order valence-electron chi connectivity index (χ4n) is 2.02. The molecule has 5 nitrogen and oxygen atoms in total. The first-order valence-electron chi connectivity index (χ1n) is 7.07. The first-order valence-corrected chi connectivity index (χ1v) is 8.46. The number of carbonyl (C=O) groups is 2. The third kappa shape index (κ3) is 5.60. The fraction of sp³-hybridized carbons (Fsp3) is 0.500. The molecule has 0 saturated carbocycles. The van der Waals surface area contributed by atoms with Crippen LogP contribution in [0.2, 0.25) is 0 Å². The van der Waals surface area contributed by atoms with Crippen molar-refractivity contribution in [2.45, 2.75) is 33.2 Å². The second kappa shape index (κ2) is 8.68. The van der Waals surface area contributed by atoms with Gasteiger partial charge in [0, 0.05) is 0 Å². The third-order valence-electron chi connectivity index (χ3n) is 3.37. The van der Waals surface area contributed by atoms with Crippen LogP contribution in [0.5, 0.6) is 5.75 Å². The minimum Gasteiger partial charge on any atom is -0.483 e. The van der Waals surface area contributed by atoms with Gasteiger partial charge in [0.15, 0.2) is 6.61 Å². The van der Waals surface area contributed by atoms with Gasteiger partial charge in [-0.1, -0.05) is 6.07 Å². The number of hydrogen-bond acceptors (Lipinski definition) is 4. The molecule has 1 aromatic carbocycles. The molecule has 1 aromatic rings. The summed E-state index contributed by atoms with van der Waals surface area (Å²) in [6.07, 6.45) is 2.29. The van der Waals surface area contributed by atoms with E-state index >= 15 is 0 Å². The lowest BCUT2D eigenvalue weighted by Gasteiger charge is -2.15. The maximum Gasteiger partial charge on any atom is 0.326 e. The summed E-state index contributed by atoms with van der Waals surface area (Å²) in [7, 11) is 0. The van der Waals surface area contributed by atoms with Crippen LogP contribution in [0.1, 0.15) is 23.1 Å². The maximum absolute atomic E-state index is 11.9. The summed E-state index contributed by atoms with van der Waals surface area (Å²) in [5.41, 5.74) is 3.14. The molecule has 0 aliphatic heterocycles. The predicted molar refractivity (Wildman–Crippen MR) is 88.7 cm³/mol. The predicted octanol–water partition coefficient (Wildman–Crippen LogP) is 2.31. The summed E-state index contributed by atoms with van der Waals surface area (Å²) < 4.78 is 5.54. The number of amides is 1. The van der Waals surface area contributed by atoms with Crippen LogP contribution < -0.4 is 10.1 Å². The molecular formula is C16H23NO4S. The number of rotatable bonds is 8. The van der Waals surface area contributed by atoms with Crippen LogP contribution in [-0.2, 0) is 9.59 Å². The molecule has 1 rings (SSSR count). The molecule has 0 heterocycles. The highest BCUT2D eigenvalue weighted by Crippen LogP contribution is 2.23. The highest BCUT2D eigenvalue weighted by Gasteiger charge is 2.19. The SMILES string of the molecule is CSCCC(NC(=O)COc1cc(C)cc(C)c1C)C(=O)O. The number of ether oxygens (including phenoxy) is 1. The lowest BCUT2D eigenvalue weighted by molar-refractivity contribution is -0.142. The number of carboxylic acid groups (broad SMARTS) is 1. The van der Waals surface area contributed by atoms with Crippen molar-refractivity contribution in [3.8, 4) is 5.75 Å². The molecule has 0 saturated heterocycles. The van der Waals surface area contributed by atoms with Gasteiger partial charge in [-0.15, -0.1) is 0 Å². The van der Waals surface area contributed by atoms with Crippen molar-refractivity contribution in [2.75, 3.05) is 18.6 Å². The van der Waals surface area contributed by atoms with Gasteiger partial charge < -0.3 is 15.2 Å². The minimum absolute atomic E-state index is 0.188. The molecule has 1 atom stereocenters. The van der Waals surface area contributed by atoms with E-state index in [1.807, 2.05) is 39.2 Å². The zero-order valence-corrected chi connectivity index (χ0v) is 14.3. The second-order valence-corrected chi connectivity index (χ2v) is 6.22. The summed E-state index contributed by atoms with van der Waals surface area (Å²) in [5, 5.41) is 11.6. The van der Waals surface area contributed by atoms with E-state index in [1.165, 1.54) is 0 Å². The molecule has 6 heteroatoms. The Morgan fingerprint density at radius 2 is 2.00 bits per heavy atom. The summed E-state index contributed by atoms with van der Waals surface area (Å²) in [4.78, 5) is 23.0. The van der Waals surface area contributed by atoms with Gasteiger partial charge >= 0.3 is 5.97 Å². The Bertz CT molecular complexity index is 545. The monoisotopic (exact) mass is 325 g/mol. The summed E-state index contributed by atoms with van der Waals surface area (Å²) in [5.74, 6) is -0.116. The Balaban J connectivity index is 2.60. The quantitative estimate of drug-likeness (QED) is 0.767. The summed E-state index contributed by atoms with van der Waals surface area (Å²) in [6, 6.07) is 3.05. The Kier molecular flexibility index (Phi) is 7.24. The highest BCUT2D eigenvalue weighted by molar-refractivity contribution is 7.98. The lowest BCUT2D eigenvalue weighted by atomic mass is 10.1. The highest BCUT2D eigenvalue weighted by atomic mass is 32.2. The molecule has 2 N–H and O–H groups in total. The van der Waals surface area contributed by atoms with Crippen molar-refractivity contribution < 1.29 is 19.4 Å². The summed E-state index contributed by atoms with van der Waals surface area (Å²) in [6.45, 7) is 5.69. The van der Waals surface area contributed by atoms with E-state index < -0.39 is 17.9 Å². The Labute approximate surface area is 135 Å². The molecule has 1 amide bonds. The van der Waals surface area contributed by atoms with Crippen molar-refractivity contribution in [1.29, 1.82) is 0 Å². The topological polar surface area (TPSA) is 75.6 Å². The van der Waals surface area contributed by atoms with Crippen LogP contribution in [0, 0.1) is 20.8 Å². The van der Waals surface area contributed by atoms with E-state index in [2.05, 4.69) is 5.32 Å². The number of aliphatic carboxylic acids is 1. The Morgan fingerprint density at radius 1 is 1.32 bits per heavy atom. The number of thioether (sulfide) groups is 1. The maximum atomic E-state index is 11.9. The van der Waals surface area contributed by atoms with Crippen LogP contribution in [0.3, 0.4) is 0 Å². The Morgan fingerprint density at radius 3 is 2.59 bits per heavy atom. The smallest absolute Gasteiger partial charge is 0.326 e. The van der Waals surface area contributed by atoms with Crippen molar-refractivity contribution in [1.82, 2.24) is 5.32 Å². The van der Waals surface area contributed by atoms with E-state index in [0.717, 1.165) is 16.7 Å². The number of aryl methyl sites for hydroxylation is 2. The molecule has 0 aliphatic carbocycles. The van der Waals surface area contributed by atoms with Crippen molar-refractivity contribution in [3.63, 3.8) is 0 Å². The number of nitrogens with one attached hydrogen (secondary N) is 1. The van der Waals surface area contributed by atoms with Gasteiger partial charge in [0.25, 0.3) is 5.91 Å². The van der Waals surface area contributed by atoms with E-state index in [1.54, 1.807) is 11.8 Å². The van der Waals surface area contributed by atoms with Gasteiger partial charge in [-0.25, -0.2) is 4.79 Å². The Hall–Kier alpha value is -1.69. The average molecular weight is 325 g/mol. The normalized spacial score (nSPS) is 11.8. The standard InChI is InChI=1S/C16H23NO4S/c1-10-7-11(2)12(3)14(8-10)21-9-15(18)17-13(16(19)20)5-6-22-4/h7-8,13H,5-6,9H2,1-4H3,(H,17,18)(H,19,20). The number of hydrogen-bond donors (Lipinski definition) is 2. The van der Waals surface area contributed by atoms with Crippen LogP contribution in [0.25, 0.3) is 0 Å². The zero-order chi connectivity index (χ0) is 16.7. The van der Waals surface area contributed by atoms with Crippen LogP contribution in [0.4, 0.5) is 0 Å². The largest absolute Gasteiger partial charge is 0.483 e. The molecule has 0 aliphatic rings. The number of benzene rings is 1. The van der Waals surface area contributed by atoms with E-state index in [0.29, 0.717) is 17.9 Å². The average Bonchev–Trinajstić information content (AvgIpc) is 2.45. The molecule has 0 spiro atoms. The molecule has 122 valence electrons. The molecular weight excluding hydrogens is 302 g/mol. The van der Waals surface area contributed by atoms with E-state index in [4.69, 9.17) is 9.84 Å². The molecule has 0 radical (unpaired) electrons. The third-order valence-corrected chi connectivity index (χ3v) is 4.01. The summed E-state index contributed by atoms with van der Waals surface area (Å²) >= 11 is 1.54. The molecule has 22 heavy (non-hydrogen) atoms. The number of carbonyl (C=O) groups excluding carboxylic acids is 1. The molecule has 0 fully saturated rings. The van der Waals surface area contributed by atoms with Gasteiger partial charge in [-0.2, -0.15) is 11.8 Å². The van der Waals surface area contributed by atoms with E-state index in [9.17, 15) is 9.59 Å². The molecule has 0 aromatic heterocycles. The molecule has 1 unspecified atom stereocenters. The van der Waals surface area contributed by atoms with Gasteiger partial charge in [-0.3, -0.25) is 4.79 Å². The lowest BCUT2D eigenvalue weighted by Crippen LogP contribution is -2.43.